The maximum absolute atomic E-state index is 13.5. The van der Waals surface area contributed by atoms with E-state index in [1.165, 1.54) is 12.1 Å². The SMILES string of the molecule is Cc1nc2cc(C(=O)Nc3ccc(F)c(F)c3F)ccc2o1. The van der Waals surface area contributed by atoms with Gasteiger partial charge in [0.1, 0.15) is 5.52 Å². The summed E-state index contributed by atoms with van der Waals surface area (Å²) in [7, 11) is 0. The highest BCUT2D eigenvalue weighted by atomic mass is 19.2. The Bertz CT molecular complexity index is 890. The molecule has 112 valence electrons. The Balaban J connectivity index is 1.91. The van der Waals surface area contributed by atoms with Crippen LogP contribution in [0.4, 0.5) is 18.9 Å². The van der Waals surface area contributed by atoms with Crippen molar-refractivity contribution in [3.63, 3.8) is 0 Å². The van der Waals surface area contributed by atoms with Gasteiger partial charge in [-0.3, -0.25) is 4.79 Å². The lowest BCUT2D eigenvalue weighted by Gasteiger charge is -2.07. The largest absolute Gasteiger partial charge is 0.441 e. The normalized spacial score (nSPS) is 10.9. The number of aromatic nitrogens is 1. The topological polar surface area (TPSA) is 55.1 Å². The van der Waals surface area contributed by atoms with Crippen LogP contribution >= 0.6 is 0 Å². The van der Waals surface area contributed by atoms with Crippen molar-refractivity contribution in [2.24, 2.45) is 0 Å². The molecule has 2 aromatic carbocycles. The van der Waals surface area contributed by atoms with Crippen LogP contribution in [-0.2, 0) is 0 Å². The zero-order valence-electron chi connectivity index (χ0n) is 11.3. The van der Waals surface area contributed by atoms with Crippen molar-refractivity contribution in [2.75, 3.05) is 5.32 Å². The first-order chi connectivity index (χ1) is 10.5. The third-order valence-electron chi connectivity index (χ3n) is 3.04. The Morgan fingerprint density at radius 3 is 2.68 bits per heavy atom. The molecular formula is C15H9F3N2O2. The number of halogens is 3. The van der Waals surface area contributed by atoms with Gasteiger partial charge >= 0.3 is 0 Å². The molecule has 0 saturated heterocycles. The number of hydrogen-bond acceptors (Lipinski definition) is 3. The highest BCUT2D eigenvalue weighted by molar-refractivity contribution is 6.05. The fourth-order valence-electron chi connectivity index (χ4n) is 2.00. The van der Waals surface area contributed by atoms with Gasteiger partial charge < -0.3 is 9.73 Å². The van der Waals surface area contributed by atoms with E-state index in [4.69, 9.17) is 4.42 Å². The lowest BCUT2D eigenvalue weighted by molar-refractivity contribution is 0.102. The molecule has 22 heavy (non-hydrogen) atoms. The molecule has 0 aliphatic rings. The van der Waals surface area contributed by atoms with E-state index < -0.39 is 29.0 Å². The molecule has 4 nitrogen and oxygen atoms in total. The summed E-state index contributed by atoms with van der Waals surface area (Å²) in [6.07, 6.45) is 0. The minimum atomic E-state index is -1.64. The Hall–Kier alpha value is -2.83. The monoisotopic (exact) mass is 306 g/mol. The standard InChI is InChI=1S/C15H9F3N2O2/c1-7-19-11-6-8(2-5-12(11)22-7)15(21)20-10-4-3-9(16)13(17)14(10)18/h2-6H,1H3,(H,20,21). The second-order valence-electron chi connectivity index (χ2n) is 4.59. The van der Waals surface area contributed by atoms with Gasteiger partial charge in [0, 0.05) is 12.5 Å². The van der Waals surface area contributed by atoms with E-state index in [1.807, 2.05) is 0 Å². The number of fused-ring (bicyclic) bond motifs is 1. The summed E-state index contributed by atoms with van der Waals surface area (Å²) in [5, 5.41) is 2.19. The zero-order chi connectivity index (χ0) is 15.9. The number of hydrogen-bond donors (Lipinski definition) is 1. The summed E-state index contributed by atoms with van der Waals surface area (Å²) in [6.45, 7) is 1.66. The molecule has 0 saturated carbocycles. The highest BCUT2D eigenvalue weighted by Gasteiger charge is 2.16. The third kappa shape index (κ3) is 2.41. The van der Waals surface area contributed by atoms with E-state index in [0.29, 0.717) is 17.0 Å². The summed E-state index contributed by atoms with van der Waals surface area (Å²) in [5.74, 6) is -4.64. The van der Waals surface area contributed by atoms with Gasteiger partial charge in [-0.25, -0.2) is 18.2 Å². The summed E-state index contributed by atoms with van der Waals surface area (Å²) < 4.78 is 44.8. The fourth-order valence-corrected chi connectivity index (χ4v) is 2.00. The third-order valence-corrected chi connectivity index (χ3v) is 3.04. The maximum atomic E-state index is 13.5. The van der Waals surface area contributed by atoms with Crippen LogP contribution in [0, 0.1) is 24.4 Å². The summed E-state index contributed by atoms with van der Waals surface area (Å²) in [4.78, 5) is 16.1. The van der Waals surface area contributed by atoms with E-state index in [1.54, 1.807) is 13.0 Å². The van der Waals surface area contributed by atoms with Gasteiger partial charge in [0.15, 0.2) is 28.9 Å². The van der Waals surface area contributed by atoms with E-state index in [2.05, 4.69) is 10.3 Å². The molecule has 1 N–H and O–H groups in total. The van der Waals surface area contributed by atoms with Crippen LogP contribution in [0.2, 0.25) is 0 Å². The van der Waals surface area contributed by atoms with Crippen LogP contribution in [0.3, 0.4) is 0 Å². The average molecular weight is 306 g/mol. The predicted octanol–water partition coefficient (Wildman–Crippen LogP) is 3.81. The van der Waals surface area contributed by atoms with Gasteiger partial charge in [-0.1, -0.05) is 0 Å². The number of nitrogens with one attached hydrogen (secondary N) is 1. The molecule has 0 atom stereocenters. The first-order valence-corrected chi connectivity index (χ1v) is 6.28. The molecule has 3 aromatic rings. The number of oxazole rings is 1. The van der Waals surface area contributed by atoms with Crippen molar-refractivity contribution in [1.82, 2.24) is 4.98 Å². The molecule has 1 heterocycles. The lowest BCUT2D eigenvalue weighted by Crippen LogP contribution is -2.13. The number of carbonyl (C=O) groups is 1. The van der Waals surface area contributed by atoms with E-state index in [-0.39, 0.29) is 5.56 Å². The molecule has 3 rings (SSSR count). The van der Waals surface area contributed by atoms with Crippen molar-refractivity contribution >= 4 is 22.7 Å². The van der Waals surface area contributed by atoms with Gasteiger partial charge in [-0.05, 0) is 30.3 Å². The Morgan fingerprint density at radius 1 is 1.14 bits per heavy atom. The van der Waals surface area contributed by atoms with Crippen LogP contribution in [0.5, 0.6) is 0 Å². The zero-order valence-corrected chi connectivity index (χ0v) is 11.3. The molecule has 0 aliphatic heterocycles. The molecule has 0 aliphatic carbocycles. The van der Waals surface area contributed by atoms with E-state index >= 15 is 0 Å². The van der Waals surface area contributed by atoms with Crippen LogP contribution in [0.25, 0.3) is 11.1 Å². The van der Waals surface area contributed by atoms with Crippen molar-refractivity contribution < 1.29 is 22.4 Å². The number of benzene rings is 2. The van der Waals surface area contributed by atoms with Crippen LogP contribution in [0.15, 0.2) is 34.7 Å². The minimum Gasteiger partial charge on any atom is -0.441 e. The maximum Gasteiger partial charge on any atom is 0.255 e. The summed E-state index contributed by atoms with van der Waals surface area (Å²) in [5.41, 5.74) is 0.717. The molecule has 0 unspecified atom stereocenters. The van der Waals surface area contributed by atoms with Crippen molar-refractivity contribution in [3.05, 3.63) is 59.2 Å². The number of nitrogens with zero attached hydrogens (tertiary/aromatic N) is 1. The van der Waals surface area contributed by atoms with Crippen LogP contribution < -0.4 is 5.32 Å². The number of amides is 1. The molecule has 7 heteroatoms. The quantitative estimate of drug-likeness (QED) is 0.733. The van der Waals surface area contributed by atoms with Gasteiger partial charge in [0.05, 0.1) is 5.69 Å². The van der Waals surface area contributed by atoms with E-state index in [9.17, 15) is 18.0 Å². The summed E-state index contributed by atoms with van der Waals surface area (Å²) in [6, 6.07) is 6.15. The molecule has 1 amide bonds. The molecule has 0 spiro atoms. The van der Waals surface area contributed by atoms with Gasteiger partial charge in [0.25, 0.3) is 5.91 Å². The second kappa shape index (κ2) is 5.18. The summed E-state index contributed by atoms with van der Waals surface area (Å²) >= 11 is 0. The predicted molar refractivity (Wildman–Crippen MR) is 73.0 cm³/mol. The van der Waals surface area contributed by atoms with Gasteiger partial charge in [0.2, 0.25) is 0 Å². The molecule has 0 radical (unpaired) electrons. The van der Waals surface area contributed by atoms with Gasteiger partial charge in [-0.2, -0.15) is 0 Å². The second-order valence-corrected chi connectivity index (χ2v) is 4.59. The Kier molecular flexibility index (Phi) is 3.32. The fraction of sp³-hybridized carbons (Fsp3) is 0.0667. The number of anilines is 1. The molecule has 0 bridgehead atoms. The van der Waals surface area contributed by atoms with Crippen LogP contribution in [-0.4, -0.2) is 10.9 Å². The van der Waals surface area contributed by atoms with Crippen molar-refractivity contribution in [1.29, 1.82) is 0 Å². The molecular weight excluding hydrogens is 297 g/mol. The average Bonchev–Trinajstić information content (AvgIpc) is 2.86. The molecule has 0 fully saturated rings. The number of aryl methyl sites for hydroxylation is 1. The number of carbonyl (C=O) groups excluding carboxylic acids is 1. The smallest absolute Gasteiger partial charge is 0.255 e. The minimum absolute atomic E-state index is 0.185. The Morgan fingerprint density at radius 2 is 1.91 bits per heavy atom. The van der Waals surface area contributed by atoms with E-state index in [0.717, 1.165) is 12.1 Å². The first-order valence-electron chi connectivity index (χ1n) is 6.28. The van der Waals surface area contributed by atoms with Crippen LogP contribution in [0.1, 0.15) is 16.2 Å². The van der Waals surface area contributed by atoms with Gasteiger partial charge in [-0.15, -0.1) is 0 Å². The first kappa shape index (κ1) is 14.1. The number of rotatable bonds is 2. The van der Waals surface area contributed by atoms with Crippen molar-refractivity contribution in [2.45, 2.75) is 6.92 Å². The van der Waals surface area contributed by atoms with Crippen molar-refractivity contribution in [3.8, 4) is 0 Å². The highest BCUT2D eigenvalue weighted by Crippen LogP contribution is 2.21. The Labute approximate surface area is 122 Å². The molecule has 1 aromatic heterocycles. The lowest BCUT2D eigenvalue weighted by atomic mass is 10.2.